The minimum absolute atomic E-state index is 0.431. The molecule has 1 aliphatic heterocycles. The first-order valence-corrected chi connectivity index (χ1v) is 21.3. The van der Waals surface area contributed by atoms with E-state index in [-0.39, 0.29) is 0 Å². The summed E-state index contributed by atoms with van der Waals surface area (Å²) in [6.45, 7) is 13.9. The van der Waals surface area contributed by atoms with E-state index >= 15 is 0 Å². The molecule has 1 atom stereocenters. The number of benzene rings is 3. The molecule has 1 unspecified atom stereocenters. The van der Waals surface area contributed by atoms with Gasteiger partial charge >= 0.3 is 272 Å². The Kier molecular flexibility index (Phi) is 13.7. The van der Waals surface area contributed by atoms with Crippen molar-refractivity contribution in [2.24, 2.45) is 4.52 Å². The van der Waals surface area contributed by atoms with Crippen LogP contribution >= 0.6 is 23.7 Å². The van der Waals surface area contributed by atoms with Crippen LogP contribution in [0.2, 0.25) is 0 Å². The van der Waals surface area contributed by atoms with E-state index in [9.17, 15) is 0 Å². The maximum atomic E-state index is 6.86. The van der Waals surface area contributed by atoms with E-state index in [0.717, 1.165) is 55.2 Å². The van der Waals surface area contributed by atoms with Gasteiger partial charge in [-0.3, -0.25) is 0 Å². The number of hydrogen-bond donors (Lipinski definition) is 2. The van der Waals surface area contributed by atoms with Crippen molar-refractivity contribution in [2.75, 3.05) is 19.8 Å². The summed E-state index contributed by atoms with van der Waals surface area (Å²) in [6, 6.07) is 23.7. The zero-order valence-corrected chi connectivity index (χ0v) is 30.5. The molecule has 4 rings (SSSR count). The van der Waals surface area contributed by atoms with Crippen LogP contribution in [0.4, 0.5) is 0 Å². The third kappa shape index (κ3) is 10.7. The summed E-state index contributed by atoms with van der Waals surface area (Å²) in [5.74, 6) is 1.91. The molecule has 0 spiro atoms. The standard InChI is InChI=1S/C33H52N3O6P3/c1-7-10-25-37-43(40-31-19-13-28(4)14-20-31)34-44(38-26-11-8-2,41-32-21-15-29(5)16-22-32)36-45(35-43,39-27-12-9-3)42-33-23-17-30(6)18-24-33/h13-24,34-35,43-44H,7-12,25-27H2,1-6H3. The number of aryl methyl sites for hydroxylation is 3. The van der Waals surface area contributed by atoms with Crippen LogP contribution in [-0.2, 0) is 13.6 Å². The Morgan fingerprint density at radius 1 is 0.600 bits per heavy atom. The van der Waals surface area contributed by atoms with Crippen molar-refractivity contribution in [3.05, 3.63) is 89.5 Å². The van der Waals surface area contributed by atoms with Crippen LogP contribution in [0.25, 0.3) is 0 Å². The molecule has 0 saturated carbocycles. The van der Waals surface area contributed by atoms with Crippen molar-refractivity contribution in [1.82, 2.24) is 9.72 Å². The summed E-state index contributed by atoms with van der Waals surface area (Å²) in [6.07, 6.45) is 5.38. The predicted octanol–water partition coefficient (Wildman–Crippen LogP) is 10.6. The van der Waals surface area contributed by atoms with Crippen molar-refractivity contribution in [1.29, 1.82) is 0 Å². The second kappa shape index (κ2) is 17.2. The Morgan fingerprint density at radius 3 is 1.60 bits per heavy atom. The fraction of sp³-hybridized carbons (Fsp3) is 0.455. The van der Waals surface area contributed by atoms with Crippen LogP contribution in [0.3, 0.4) is 0 Å². The van der Waals surface area contributed by atoms with Gasteiger partial charge in [0.15, 0.2) is 0 Å². The molecular formula is C33H52N3O6P3. The Hall–Kier alpha value is -2.05. The average Bonchev–Trinajstić information content (AvgIpc) is 3.01. The zero-order valence-electron chi connectivity index (χ0n) is 27.6. The summed E-state index contributed by atoms with van der Waals surface area (Å²) in [5.41, 5.74) is 3.38. The zero-order chi connectivity index (χ0) is 32.2. The van der Waals surface area contributed by atoms with Crippen molar-refractivity contribution < 1.29 is 27.1 Å². The summed E-state index contributed by atoms with van der Waals surface area (Å²) < 4.78 is 46.0. The maximum absolute atomic E-state index is 6.86. The van der Waals surface area contributed by atoms with E-state index in [1.54, 1.807) is 0 Å². The number of rotatable bonds is 18. The van der Waals surface area contributed by atoms with E-state index in [1.165, 1.54) is 0 Å². The molecule has 45 heavy (non-hydrogen) atoms. The molecule has 0 saturated heterocycles. The summed E-state index contributed by atoms with van der Waals surface area (Å²) in [5, 5.41) is 0. The third-order valence-electron chi connectivity index (χ3n) is 7.05. The van der Waals surface area contributed by atoms with Gasteiger partial charge in [0, 0.05) is 0 Å². The van der Waals surface area contributed by atoms with E-state index in [2.05, 4.69) is 30.5 Å². The first-order valence-electron chi connectivity index (χ1n) is 16.1. The molecule has 0 fully saturated rings. The molecule has 0 amide bonds. The molecule has 0 aromatic heterocycles. The number of nitrogens with zero attached hydrogens (tertiary/aromatic N) is 1. The van der Waals surface area contributed by atoms with Gasteiger partial charge < -0.3 is 0 Å². The monoisotopic (exact) mass is 679 g/mol. The normalized spacial score (nSPS) is 20.0. The van der Waals surface area contributed by atoms with Gasteiger partial charge in [-0.2, -0.15) is 0 Å². The summed E-state index contributed by atoms with van der Waals surface area (Å²) in [4.78, 5) is 7.27. The number of unbranched alkanes of at least 4 members (excludes halogenated alkanes) is 3. The molecule has 1 aliphatic rings. The van der Waals surface area contributed by atoms with Crippen molar-refractivity contribution in [3.8, 4) is 17.2 Å². The van der Waals surface area contributed by atoms with Gasteiger partial charge in [-0.1, -0.05) is 0 Å². The number of hydrogen-bond acceptors (Lipinski definition) is 9. The first kappa shape index (κ1) is 35.8. The third-order valence-corrected chi connectivity index (χ3v) is 17.3. The van der Waals surface area contributed by atoms with Crippen LogP contribution in [0, 0.1) is 20.8 Å². The Morgan fingerprint density at radius 2 is 1.07 bits per heavy atom. The first-order chi connectivity index (χ1) is 21.7. The van der Waals surface area contributed by atoms with Crippen LogP contribution in [0.5, 0.6) is 17.2 Å². The Labute approximate surface area is 271 Å². The van der Waals surface area contributed by atoms with E-state index < -0.39 is 23.7 Å². The van der Waals surface area contributed by atoms with Gasteiger partial charge in [-0.05, 0) is 0 Å². The topological polar surface area (TPSA) is 91.8 Å². The summed E-state index contributed by atoms with van der Waals surface area (Å²) >= 11 is 0. The fourth-order valence-corrected chi connectivity index (χ4v) is 16.3. The van der Waals surface area contributed by atoms with Crippen LogP contribution in [-0.4, -0.2) is 19.8 Å². The molecule has 1 heterocycles. The molecule has 0 bridgehead atoms. The quantitative estimate of drug-likeness (QED) is 0.101. The Bertz CT molecular complexity index is 1380. The minimum atomic E-state index is -3.78. The van der Waals surface area contributed by atoms with Gasteiger partial charge in [0.2, 0.25) is 0 Å². The van der Waals surface area contributed by atoms with Gasteiger partial charge in [0.25, 0.3) is 0 Å². The van der Waals surface area contributed by atoms with Crippen molar-refractivity contribution >= 4 is 23.7 Å². The van der Waals surface area contributed by atoms with Crippen LogP contribution in [0.1, 0.15) is 76.0 Å². The van der Waals surface area contributed by atoms with Gasteiger partial charge in [-0.25, -0.2) is 0 Å². The second-order valence-electron chi connectivity index (χ2n) is 11.4. The van der Waals surface area contributed by atoms with E-state index in [0.29, 0.717) is 37.1 Å². The molecule has 12 heteroatoms. The molecule has 3 aromatic rings. The molecule has 0 radical (unpaired) electrons. The SMILES string of the molecule is CCCCOP1(Oc2ccc(C)cc2)=N[PH](OCCCC)(Oc2ccc(C)cc2)N[PH](OCCCC)(Oc2ccc(C)cc2)N1. The Balaban J connectivity index is 1.91. The average molecular weight is 680 g/mol. The molecule has 2 N–H and O–H groups in total. The van der Waals surface area contributed by atoms with Gasteiger partial charge in [0.1, 0.15) is 0 Å². The fourth-order valence-electron chi connectivity index (χ4n) is 4.39. The molecule has 9 nitrogen and oxygen atoms in total. The van der Waals surface area contributed by atoms with Crippen LogP contribution < -0.4 is 23.3 Å². The molecule has 3 aromatic carbocycles. The van der Waals surface area contributed by atoms with E-state index in [4.69, 9.17) is 31.7 Å². The summed E-state index contributed by atoms with van der Waals surface area (Å²) in [7, 11) is -10.8. The predicted molar refractivity (Wildman–Crippen MR) is 190 cm³/mol. The van der Waals surface area contributed by atoms with Gasteiger partial charge in [0.05, 0.1) is 0 Å². The van der Waals surface area contributed by atoms with Gasteiger partial charge in [-0.15, -0.1) is 0 Å². The van der Waals surface area contributed by atoms with Crippen molar-refractivity contribution in [2.45, 2.75) is 80.1 Å². The van der Waals surface area contributed by atoms with Crippen molar-refractivity contribution in [3.63, 3.8) is 0 Å². The second-order valence-corrected chi connectivity index (χ2v) is 18.9. The van der Waals surface area contributed by atoms with E-state index in [1.807, 2.05) is 93.6 Å². The van der Waals surface area contributed by atoms with Crippen LogP contribution in [0.15, 0.2) is 77.3 Å². The molecular weight excluding hydrogens is 627 g/mol. The molecule has 250 valence electrons. The number of nitrogens with one attached hydrogen (secondary N) is 2. The molecule has 0 aliphatic carbocycles.